The smallest absolute Gasteiger partial charge is 0.490 e. The number of benzene rings is 8. The Hall–Kier alpha value is -10.2. The van der Waals surface area contributed by atoms with Gasteiger partial charge in [0.25, 0.3) is 23.6 Å². The standard InChI is InChI=1S/2C39H38ClF2N3O4.2C2HF3O2/c2*40-29-14-9-24(10-15-29)23-7-12-28(13-8-23)39(41,42)36(38(48)45-31-16-17-32(45)22-30(43)21-31)44-37(47)35(46)27-6-5-26-20-34(18-11-25(26)19-27)49-33-3-1-2-4-33;2*3-2(4,5)1(6)7/h2*5-15,18-20,30-33,36H,1-4,16-17,21-22,43H2,(H,44,47);2*(H,6,7)/t2*30?,31?,32?,36-;;/m10../s1. The zero-order valence-electron chi connectivity index (χ0n) is 59.8. The van der Waals surface area contributed by atoms with E-state index in [0.29, 0.717) is 83.3 Å². The number of carbonyl (C=O) groups is 8. The molecule has 0 aromatic heterocycles. The fourth-order valence-corrected chi connectivity index (χ4v) is 15.6. The van der Waals surface area contributed by atoms with Gasteiger partial charge in [0.05, 0.1) is 12.2 Å². The first kappa shape index (κ1) is 82.8. The summed E-state index contributed by atoms with van der Waals surface area (Å²) in [7, 11) is 0. The summed E-state index contributed by atoms with van der Waals surface area (Å²) in [6.45, 7) is 0. The van der Waals surface area contributed by atoms with Gasteiger partial charge in [0.2, 0.25) is 11.6 Å². The van der Waals surface area contributed by atoms with Gasteiger partial charge in [-0.25, -0.2) is 9.59 Å². The summed E-state index contributed by atoms with van der Waals surface area (Å²) in [5, 5.41) is 22.7. The van der Waals surface area contributed by atoms with Crippen molar-refractivity contribution in [1.82, 2.24) is 20.4 Å². The maximum Gasteiger partial charge on any atom is 0.490 e. The van der Waals surface area contributed by atoms with Crippen molar-refractivity contribution in [3.63, 3.8) is 0 Å². The predicted octanol–water partition coefficient (Wildman–Crippen LogP) is 16.1. The number of Topliss-reactive ketones (excluding diaryl/α,β-unsaturated/α-hetero) is 2. The molecule has 4 unspecified atom stereocenters. The molecule has 4 saturated heterocycles. The van der Waals surface area contributed by atoms with Crippen LogP contribution < -0.4 is 31.6 Å². The van der Waals surface area contributed by atoms with Crippen LogP contribution >= 0.6 is 23.2 Å². The lowest BCUT2D eigenvalue weighted by Gasteiger charge is -2.41. The summed E-state index contributed by atoms with van der Waals surface area (Å²) in [5.41, 5.74) is 14.4. The minimum Gasteiger partial charge on any atom is -0.490 e. The molecule has 18 nitrogen and oxygen atoms in total. The molecule has 30 heteroatoms. The van der Waals surface area contributed by atoms with E-state index in [9.17, 15) is 55.1 Å². The van der Waals surface area contributed by atoms with Crippen molar-refractivity contribution < 1.29 is 102 Å². The first-order chi connectivity index (χ1) is 53.0. The highest BCUT2D eigenvalue weighted by Gasteiger charge is 2.55. The molecule has 6 fully saturated rings. The lowest BCUT2D eigenvalue weighted by molar-refractivity contribution is -0.193. The fourth-order valence-electron chi connectivity index (χ4n) is 15.4. The maximum absolute atomic E-state index is 16.6. The second kappa shape index (κ2) is 34.8. The molecular weight excluding hydrogens is 1520 g/mol. The molecule has 112 heavy (non-hydrogen) atoms. The van der Waals surface area contributed by atoms with Crippen LogP contribution in [0, 0.1) is 0 Å². The number of nitrogens with one attached hydrogen (secondary N) is 2. The average Bonchev–Trinajstić information content (AvgIpc) is 1.68. The number of hydrogen-bond acceptors (Lipinski definition) is 12. The first-order valence-corrected chi connectivity index (χ1v) is 37.1. The van der Waals surface area contributed by atoms with E-state index in [0.717, 1.165) is 84.8 Å². The van der Waals surface area contributed by atoms with Gasteiger partial charge < -0.3 is 51.6 Å². The molecule has 14 rings (SSSR count). The highest BCUT2D eigenvalue weighted by Crippen LogP contribution is 2.43. The number of rotatable bonds is 18. The number of ether oxygens (including phenoxy) is 2. The van der Waals surface area contributed by atoms with E-state index in [1.54, 1.807) is 84.9 Å². The van der Waals surface area contributed by atoms with Crippen LogP contribution in [0.4, 0.5) is 43.9 Å². The molecular formula is C82H78Cl2F10N6O12. The van der Waals surface area contributed by atoms with Gasteiger partial charge in [0.1, 0.15) is 11.5 Å². The molecule has 6 atom stereocenters. The summed E-state index contributed by atoms with van der Waals surface area (Å²) in [5.74, 6) is -18.2. The Morgan fingerprint density at radius 3 is 0.946 bits per heavy atom. The van der Waals surface area contributed by atoms with Crippen molar-refractivity contribution in [1.29, 1.82) is 0 Å². The van der Waals surface area contributed by atoms with E-state index in [4.69, 9.17) is 63.9 Å². The molecule has 4 amide bonds. The van der Waals surface area contributed by atoms with E-state index in [1.165, 1.54) is 70.5 Å². The van der Waals surface area contributed by atoms with Crippen LogP contribution in [0.3, 0.4) is 0 Å². The van der Waals surface area contributed by atoms with E-state index in [-0.39, 0.29) is 59.6 Å². The van der Waals surface area contributed by atoms with Crippen molar-refractivity contribution in [3.05, 3.63) is 202 Å². The van der Waals surface area contributed by atoms with Gasteiger partial charge in [0.15, 0.2) is 12.1 Å². The molecule has 4 heterocycles. The Morgan fingerprint density at radius 2 is 0.661 bits per heavy atom. The Bertz CT molecular complexity index is 4450. The number of alkyl halides is 10. The number of ketones is 2. The fraction of sp³-hybridized carbons (Fsp3) is 0.366. The third-order valence-corrected chi connectivity index (χ3v) is 21.5. The average molecular weight is 1600 g/mol. The topological polar surface area (TPSA) is 278 Å². The third-order valence-electron chi connectivity index (χ3n) is 21.0. The lowest BCUT2D eigenvalue weighted by atomic mass is 9.93. The van der Waals surface area contributed by atoms with Gasteiger partial charge in [-0.3, -0.25) is 28.8 Å². The minimum absolute atomic E-state index is 0.0281. The normalized spacial score (nSPS) is 20.2. The summed E-state index contributed by atoms with van der Waals surface area (Å²) >= 11 is 12.0. The molecule has 2 saturated carbocycles. The highest BCUT2D eigenvalue weighted by atomic mass is 35.5. The number of carboxylic acids is 2. The molecule has 592 valence electrons. The molecule has 8 aromatic carbocycles. The van der Waals surface area contributed by atoms with Gasteiger partial charge in [-0.1, -0.05) is 132 Å². The highest BCUT2D eigenvalue weighted by molar-refractivity contribution is 6.44. The van der Waals surface area contributed by atoms with Crippen LogP contribution in [0.5, 0.6) is 11.5 Å². The molecule has 0 spiro atoms. The van der Waals surface area contributed by atoms with Crippen LogP contribution in [0.15, 0.2) is 170 Å². The monoisotopic (exact) mass is 1600 g/mol. The van der Waals surface area contributed by atoms with E-state index >= 15 is 17.6 Å². The Balaban J connectivity index is 0.000000189. The number of carboxylic acid groups (broad SMARTS) is 2. The second-order valence-corrected chi connectivity index (χ2v) is 29.6. The molecule has 0 radical (unpaired) electrons. The Labute approximate surface area is 646 Å². The molecule has 4 aliphatic heterocycles. The maximum atomic E-state index is 16.6. The van der Waals surface area contributed by atoms with Crippen LogP contribution in [0.2, 0.25) is 10.0 Å². The number of piperidine rings is 2. The zero-order chi connectivity index (χ0) is 80.7. The SMILES string of the molecule is NC1CC2CCC(C1)N2C(=O)[C@@H](NC(=O)C(=O)c1ccc2cc(OC3CCCC3)ccc2c1)C(F)(F)c1ccc(-c2ccc(Cl)cc2)cc1.NC1CC2CCC(C1)N2C(=O)[C@H](NC(=O)C(=O)c1ccc2cc(OC3CCCC3)ccc2c1)C(F)(F)c1ccc(-c2ccc(Cl)cc2)cc1.O=C(O)C(F)(F)F.O=C(O)C(F)(F)F. The van der Waals surface area contributed by atoms with Crippen molar-refractivity contribution in [2.24, 2.45) is 11.5 Å². The van der Waals surface area contributed by atoms with Gasteiger partial charge in [-0.2, -0.15) is 43.9 Å². The third kappa shape index (κ3) is 19.8. The van der Waals surface area contributed by atoms with Gasteiger partial charge in [-0.05, 0) is 207 Å². The van der Waals surface area contributed by atoms with Crippen molar-refractivity contribution in [2.75, 3.05) is 0 Å². The molecule has 6 aliphatic rings. The number of hydrogen-bond donors (Lipinski definition) is 6. The molecule has 4 bridgehead atoms. The summed E-state index contributed by atoms with van der Waals surface area (Å²) in [6, 6.07) is 39.4. The number of aliphatic carboxylic acids is 2. The number of amides is 4. The van der Waals surface area contributed by atoms with Crippen LogP contribution in [0.25, 0.3) is 43.8 Å². The second-order valence-electron chi connectivity index (χ2n) is 28.7. The lowest BCUT2D eigenvalue weighted by Crippen LogP contribution is -2.61. The minimum atomic E-state index is -5.08. The van der Waals surface area contributed by atoms with Gasteiger partial charge >= 0.3 is 36.1 Å². The summed E-state index contributed by atoms with van der Waals surface area (Å²) in [4.78, 5) is 103. The molecule has 8 aromatic rings. The van der Waals surface area contributed by atoms with Gasteiger partial charge in [-0.15, -0.1) is 0 Å². The quantitative estimate of drug-likeness (QED) is 0.0265. The predicted molar refractivity (Wildman–Crippen MR) is 397 cm³/mol. The number of fused-ring (bicyclic) bond motifs is 6. The van der Waals surface area contributed by atoms with Crippen molar-refractivity contribution in [3.8, 4) is 33.8 Å². The summed E-state index contributed by atoms with van der Waals surface area (Å²) in [6.07, 6.45) is 3.44. The number of halogens is 12. The van der Waals surface area contributed by atoms with Gasteiger partial charge in [0, 0.05) is 68.6 Å². The van der Waals surface area contributed by atoms with Crippen LogP contribution in [-0.4, -0.2) is 140 Å². The van der Waals surface area contributed by atoms with Crippen LogP contribution in [-0.2, 0) is 40.6 Å². The molecule has 8 N–H and O–H groups in total. The largest absolute Gasteiger partial charge is 0.490 e. The Morgan fingerprint density at radius 1 is 0.393 bits per heavy atom. The zero-order valence-corrected chi connectivity index (χ0v) is 61.3. The first-order valence-electron chi connectivity index (χ1n) is 36.4. The van der Waals surface area contributed by atoms with E-state index < -0.39 is 94.5 Å². The molecule has 2 aliphatic carbocycles. The van der Waals surface area contributed by atoms with Crippen LogP contribution in [0.1, 0.15) is 135 Å². The van der Waals surface area contributed by atoms with E-state index in [2.05, 4.69) is 10.6 Å². The Kier molecular flexibility index (Phi) is 25.8. The van der Waals surface area contributed by atoms with Crippen molar-refractivity contribution in [2.45, 2.75) is 187 Å². The number of nitrogens with two attached hydrogens (primary N) is 2. The number of nitrogens with zero attached hydrogens (tertiary/aromatic N) is 2. The number of carbonyl (C=O) groups excluding carboxylic acids is 6. The van der Waals surface area contributed by atoms with Crippen molar-refractivity contribution >= 4 is 91.9 Å². The van der Waals surface area contributed by atoms with E-state index in [1.807, 2.05) is 24.3 Å². The summed E-state index contributed by atoms with van der Waals surface area (Å²) < 4.78 is 142.